The predicted molar refractivity (Wildman–Crippen MR) is 36.0 cm³/mol. The second-order valence-electron chi connectivity index (χ2n) is 2.78. The van der Waals surface area contributed by atoms with Crippen LogP contribution in [-0.2, 0) is 25.8 Å². The predicted octanol–water partition coefficient (Wildman–Crippen LogP) is -0.219. The van der Waals surface area contributed by atoms with Crippen molar-refractivity contribution in [1.29, 1.82) is 0 Å². The first-order valence-electron chi connectivity index (χ1n) is 3.49. The third-order valence-corrected chi connectivity index (χ3v) is 1.86. The molecule has 0 bridgehead atoms. The number of aliphatic hydroxyl groups excluding tert-OH is 2. The molecule has 0 aromatic heterocycles. The van der Waals surface area contributed by atoms with Crippen molar-refractivity contribution < 1.29 is 36.0 Å². The molecule has 0 aliphatic carbocycles. The Balaban J connectivity index is 0.000001000. The molecule has 1 heterocycles. The van der Waals surface area contributed by atoms with Crippen LogP contribution < -0.4 is 0 Å². The molecule has 3 atom stereocenters. The number of ether oxygens (including phenoxy) is 1. The maximum atomic E-state index is 9.37. The van der Waals surface area contributed by atoms with Crippen LogP contribution in [0.1, 0.15) is 6.92 Å². The molecule has 1 saturated heterocycles. The molecule has 0 radical (unpaired) electrons. The molecule has 1 fully saturated rings. The Hall–Kier alpha value is 0.568. The van der Waals surface area contributed by atoms with E-state index in [2.05, 4.69) is 0 Å². The number of hydrogen-bond donors (Lipinski definition) is 2. The van der Waals surface area contributed by atoms with Gasteiger partial charge >= 0.3 is 0 Å². The normalized spacial score (nSPS) is 37.9. The minimum atomic E-state index is -0.446. The van der Waals surface area contributed by atoms with Crippen LogP contribution in [0, 0.1) is 18.4 Å². The maximum Gasteiger partial charge on any atom is 0.0384 e. The summed E-state index contributed by atoms with van der Waals surface area (Å²) >= 11 is 0. The van der Waals surface area contributed by atoms with Crippen LogP contribution in [0.2, 0.25) is 0 Å². The number of rotatable bonds is 1. The summed E-state index contributed by atoms with van der Waals surface area (Å²) < 4.78 is 5.01. The van der Waals surface area contributed by atoms with Crippen LogP contribution in [-0.4, -0.2) is 29.5 Å². The molecule has 1 aliphatic rings. The Morgan fingerprint density at radius 2 is 2.27 bits per heavy atom. The van der Waals surface area contributed by atoms with Crippen LogP contribution in [0.25, 0.3) is 0 Å². The van der Waals surface area contributed by atoms with Crippen molar-refractivity contribution in [1.82, 2.24) is 0 Å². The smallest absolute Gasteiger partial charge is 0.0384 e. The van der Waals surface area contributed by atoms with Gasteiger partial charge in [0.15, 0.2) is 0 Å². The molecule has 2 N–H and O–H groups in total. The molecule has 4 heteroatoms. The van der Waals surface area contributed by atoms with Crippen LogP contribution in [0.5, 0.6) is 0 Å². The summed E-state index contributed by atoms with van der Waals surface area (Å²) in [4.78, 5) is 0. The Kier molecular flexibility index (Phi) is 5.53. The van der Waals surface area contributed by atoms with E-state index in [1.807, 2.05) is 6.92 Å². The molecule has 0 spiro atoms. The van der Waals surface area contributed by atoms with E-state index in [4.69, 9.17) is 9.84 Å². The molecule has 0 aromatic carbocycles. The van der Waals surface area contributed by atoms with Crippen LogP contribution in [0.3, 0.4) is 0 Å². The summed E-state index contributed by atoms with van der Waals surface area (Å²) in [7, 11) is 0. The first kappa shape index (κ1) is 11.6. The van der Waals surface area contributed by atoms with Gasteiger partial charge in [-0.15, -0.1) is 0 Å². The van der Waals surface area contributed by atoms with Crippen LogP contribution >= 0.6 is 0 Å². The van der Waals surface area contributed by atoms with Crippen molar-refractivity contribution in [3.63, 3.8) is 0 Å². The number of hydrogen-bond acceptors (Lipinski definition) is 3. The van der Waals surface area contributed by atoms with E-state index in [1.54, 1.807) is 0 Å². The van der Waals surface area contributed by atoms with E-state index in [9.17, 15) is 5.11 Å². The van der Waals surface area contributed by atoms with E-state index < -0.39 is 6.10 Å². The minimum Gasteiger partial charge on any atom is -0.551 e. The van der Waals surface area contributed by atoms with Gasteiger partial charge in [-0.2, -0.15) is 0 Å². The third-order valence-electron chi connectivity index (χ3n) is 1.86. The third kappa shape index (κ3) is 2.83. The zero-order valence-electron chi connectivity index (χ0n) is 6.43. The van der Waals surface area contributed by atoms with Gasteiger partial charge in [0.2, 0.25) is 0 Å². The largest absolute Gasteiger partial charge is 0.551 e. The van der Waals surface area contributed by atoms with E-state index in [1.165, 1.54) is 6.61 Å². The van der Waals surface area contributed by atoms with E-state index >= 15 is 0 Å². The molecule has 0 aromatic rings. The second kappa shape index (κ2) is 5.26. The quantitative estimate of drug-likeness (QED) is 0.654. The van der Waals surface area contributed by atoms with Crippen molar-refractivity contribution in [3.05, 3.63) is 6.61 Å². The Morgan fingerprint density at radius 1 is 1.64 bits per heavy atom. The van der Waals surface area contributed by atoms with Gasteiger partial charge in [-0.25, -0.2) is 6.61 Å². The molecule has 0 saturated carbocycles. The summed E-state index contributed by atoms with van der Waals surface area (Å²) in [6.07, 6.45) is -0.446. The van der Waals surface area contributed by atoms with E-state index in [-0.39, 0.29) is 39.5 Å². The van der Waals surface area contributed by atoms with Gasteiger partial charge in [-0.1, -0.05) is 12.8 Å². The molecule has 11 heavy (non-hydrogen) atoms. The Morgan fingerprint density at radius 3 is 2.73 bits per heavy atom. The standard InChI is InChI=1S/C7H13O3.W/c1-5-3-10-4-6(2-8)7(5)9;/h4-9H,2-3H2,1H3;/q-1;. The van der Waals surface area contributed by atoms with Crippen LogP contribution in [0.15, 0.2) is 0 Å². The van der Waals surface area contributed by atoms with Gasteiger partial charge in [0.1, 0.15) is 0 Å². The molecular weight excluding hydrogens is 316 g/mol. The Labute approximate surface area is 81.0 Å². The summed E-state index contributed by atoms with van der Waals surface area (Å²) in [5.41, 5.74) is 0. The fourth-order valence-electron chi connectivity index (χ4n) is 1.08. The average Bonchev–Trinajstić information content (AvgIpc) is 1.95. The number of aliphatic hydroxyl groups is 2. The first-order valence-corrected chi connectivity index (χ1v) is 3.49. The van der Waals surface area contributed by atoms with Crippen molar-refractivity contribution in [2.75, 3.05) is 13.2 Å². The zero-order chi connectivity index (χ0) is 7.56. The van der Waals surface area contributed by atoms with E-state index in [0.29, 0.717) is 6.61 Å². The van der Waals surface area contributed by atoms with Gasteiger partial charge < -0.3 is 14.9 Å². The SMILES string of the molecule is CC1CO[CH-]C(CO)C1O.[W]. The van der Waals surface area contributed by atoms with Gasteiger partial charge in [0.25, 0.3) is 0 Å². The average molecular weight is 329 g/mol. The Bertz CT molecular complexity index is 110. The molecule has 66 valence electrons. The molecule has 3 unspecified atom stereocenters. The van der Waals surface area contributed by atoms with Crippen molar-refractivity contribution in [2.45, 2.75) is 13.0 Å². The molecular formula is C7H13O3W-. The molecule has 1 rings (SSSR count). The van der Waals surface area contributed by atoms with Crippen LogP contribution in [0.4, 0.5) is 0 Å². The topological polar surface area (TPSA) is 49.7 Å². The first-order chi connectivity index (χ1) is 4.75. The summed E-state index contributed by atoms with van der Waals surface area (Å²) in [5.74, 6) is -0.0779. The molecule has 3 nitrogen and oxygen atoms in total. The van der Waals surface area contributed by atoms with Gasteiger partial charge in [0.05, 0.1) is 0 Å². The minimum absolute atomic E-state index is 0. The fraction of sp³-hybridized carbons (Fsp3) is 0.857. The summed E-state index contributed by atoms with van der Waals surface area (Å²) in [6.45, 7) is 3.94. The van der Waals surface area contributed by atoms with Gasteiger partial charge in [-0.3, -0.25) is 0 Å². The van der Waals surface area contributed by atoms with Gasteiger partial charge in [0, 0.05) is 46.3 Å². The maximum absolute atomic E-state index is 9.37. The molecule has 1 aliphatic heterocycles. The van der Waals surface area contributed by atoms with Gasteiger partial charge in [-0.05, 0) is 0 Å². The van der Waals surface area contributed by atoms with E-state index in [0.717, 1.165) is 0 Å². The van der Waals surface area contributed by atoms with Crippen molar-refractivity contribution in [3.8, 4) is 0 Å². The monoisotopic (exact) mass is 329 g/mol. The summed E-state index contributed by atoms with van der Waals surface area (Å²) in [6, 6.07) is 0. The van der Waals surface area contributed by atoms with Crippen molar-refractivity contribution in [2.24, 2.45) is 11.8 Å². The zero-order valence-corrected chi connectivity index (χ0v) is 9.37. The van der Waals surface area contributed by atoms with Crippen molar-refractivity contribution >= 4 is 0 Å². The summed E-state index contributed by atoms with van der Waals surface area (Å²) in [5, 5.41) is 18.1. The second-order valence-corrected chi connectivity index (χ2v) is 2.78. The fourth-order valence-corrected chi connectivity index (χ4v) is 1.08. The molecule has 0 amide bonds.